The van der Waals surface area contributed by atoms with Crippen molar-refractivity contribution >= 4 is 0 Å². The predicted octanol–water partition coefficient (Wildman–Crippen LogP) is 2.16. The van der Waals surface area contributed by atoms with Crippen molar-refractivity contribution in [2.24, 2.45) is 5.92 Å². The third kappa shape index (κ3) is 3.94. The topological polar surface area (TPSA) is 48.3 Å². The van der Waals surface area contributed by atoms with Crippen LogP contribution < -0.4 is 5.32 Å². The van der Waals surface area contributed by atoms with Gasteiger partial charge in [-0.25, -0.2) is 0 Å². The molecular formula is C16H29N3O. The second-order valence-electron chi connectivity index (χ2n) is 6.59. The van der Waals surface area contributed by atoms with Crippen molar-refractivity contribution in [3.8, 4) is 6.07 Å². The molecule has 1 unspecified atom stereocenters. The average Bonchev–Trinajstić information content (AvgIpc) is 3.24. The summed E-state index contributed by atoms with van der Waals surface area (Å²) in [7, 11) is 0. The van der Waals surface area contributed by atoms with Crippen LogP contribution in [0, 0.1) is 17.2 Å². The zero-order valence-electron chi connectivity index (χ0n) is 13.2. The van der Waals surface area contributed by atoms with Gasteiger partial charge in [0.1, 0.15) is 5.54 Å². The molecule has 114 valence electrons. The molecule has 2 rings (SSSR count). The molecule has 2 fully saturated rings. The summed E-state index contributed by atoms with van der Waals surface area (Å²) < 4.78 is 5.70. The summed E-state index contributed by atoms with van der Waals surface area (Å²) in [6.45, 7) is 10.1. The van der Waals surface area contributed by atoms with Crippen LogP contribution in [-0.4, -0.2) is 48.8 Å². The highest BCUT2D eigenvalue weighted by molar-refractivity contribution is 5.17. The minimum Gasteiger partial charge on any atom is -0.378 e. The lowest BCUT2D eigenvalue weighted by atomic mass is 9.92. The summed E-state index contributed by atoms with van der Waals surface area (Å²) in [4.78, 5) is 2.45. The Bertz CT molecular complexity index is 340. The number of rotatable bonds is 7. The van der Waals surface area contributed by atoms with Crippen LogP contribution in [0.1, 0.15) is 46.5 Å². The van der Waals surface area contributed by atoms with Gasteiger partial charge < -0.3 is 9.64 Å². The molecule has 1 saturated carbocycles. The predicted molar refractivity (Wildman–Crippen MR) is 80.4 cm³/mol. The Labute approximate surface area is 123 Å². The van der Waals surface area contributed by atoms with Gasteiger partial charge in [0, 0.05) is 32.3 Å². The summed E-state index contributed by atoms with van der Waals surface area (Å²) >= 11 is 0. The Balaban J connectivity index is 1.91. The smallest absolute Gasteiger partial charge is 0.122 e. The minimum absolute atomic E-state index is 0.341. The van der Waals surface area contributed by atoms with Crippen molar-refractivity contribution in [3.63, 3.8) is 0 Å². The van der Waals surface area contributed by atoms with Crippen molar-refractivity contribution in [3.05, 3.63) is 0 Å². The molecule has 1 heterocycles. The maximum atomic E-state index is 9.74. The molecule has 0 bridgehead atoms. The Morgan fingerprint density at radius 3 is 2.40 bits per heavy atom. The first-order valence-electron chi connectivity index (χ1n) is 8.12. The van der Waals surface area contributed by atoms with Crippen LogP contribution in [0.2, 0.25) is 0 Å². The highest BCUT2D eigenvalue weighted by Crippen LogP contribution is 2.40. The number of likely N-dealkylation sites (tertiary alicyclic amines) is 1. The van der Waals surface area contributed by atoms with Crippen LogP contribution in [0.5, 0.6) is 0 Å². The van der Waals surface area contributed by atoms with Gasteiger partial charge in [0.2, 0.25) is 0 Å². The molecule has 0 aromatic carbocycles. The molecule has 1 aliphatic heterocycles. The van der Waals surface area contributed by atoms with E-state index >= 15 is 0 Å². The molecule has 1 saturated heterocycles. The third-order valence-electron chi connectivity index (χ3n) is 4.43. The number of hydrogen-bond acceptors (Lipinski definition) is 4. The monoisotopic (exact) mass is 279 g/mol. The van der Waals surface area contributed by atoms with Crippen molar-refractivity contribution in [1.29, 1.82) is 5.26 Å². The van der Waals surface area contributed by atoms with Gasteiger partial charge in [0.05, 0.1) is 12.2 Å². The fourth-order valence-corrected chi connectivity index (χ4v) is 3.37. The molecular weight excluding hydrogens is 250 g/mol. The number of piperidine rings is 1. The van der Waals surface area contributed by atoms with Crippen LogP contribution in [0.15, 0.2) is 0 Å². The first-order valence-corrected chi connectivity index (χ1v) is 8.12. The summed E-state index contributed by atoms with van der Waals surface area (Å²) in [5.74, 6) is 0.541. The zero-order valence-corrected chi connectivity index (χ0v) is 13.2. The van der Waals surface area contributed by atoms with E-state index in [1.54, 1.807) is 0 Å². The van der Waals surface area contributed by atoms with Crippen molar-refractivity contribution in [2.45, 2.75) is 64.1 Å². The van der Waals surface area contributed by atoms with E-state index in [1.807, 2.05) is 0 Å². The summed E-state index contributed by atoms with van der Waals surface area (Å²) in [5.41, 5.74) is -0.341. The fourth-order valence-electron chi connectivity index (χ4n) is 3.37. The van der Waals surface area contributed by atoms with Crippen molar-refractivity contribution < 1.29 is 4.74 Å². The van der Waals surface area contributed by atoms with E-state index in [0.29, 0.717) is 18.1 Å². The van der Waals surface area contributed by atoms with Crippen LogP contribution in [-0.2, 0) is 4.74 Å². The second-order valence-corrected chi connectivity index (χ2v) is 6.59. The van der Waals surface area contributed by atoms with Gasteiger partial charge in [0.15, 0.2) is 0 Å². The van der Waals surface area contributed by atoms with E-state index in [2.05, 4.69) is 37.1 Å². The fraction of sp³-hybridized carbons (Fsp3) is 0.938. The van der Waals surface area contributed by atoms with Gasteiger partial charge in [0.25, 0.3) is 0 Å². The van der Waals surface area contributed by atoms with Crippen molar-refractivity contribution in [1.82, 2.24) is 10.2 Å². The summed E-state index contributed by atoms with van der Waals surface area (Å²) in [6.07, 6.45) is 5.01. The number of hydrogen-bond donors (Lipinski definition) is 1. The first kappa shape index (κ1) is 15.8. The molecule has 0 aromatic heterocycles. The quantitative estimate of drug-likeness (QED) is 0.776. The Kier molecular flexibility index (Phi) is 5.42. The summed E-state index contributed by atoms with van der Waals surface area (Å²) in [5, 5.41) is 13.3. The highest BCUT2D eigenvalue weighted by atomic mass is 16.5. The standard InChI is InChI=1S/C16H29N3O/c1-4-20-15-7-9-19(10-8-15)12-16(11-17,14-5-6-14)18-13(2)3/h13-15,18H,4-10,12H2,1-3H3. The van der Waals surface area contributed by atoms with E-state index in [0.717, 1.165) is 39.1 Å². The molecule has 0 spiro atoms. The molecule has 0 aromatic rings. The molecule has 1 aliphatic carbocycles. The molecule has 1 atom stereocenters. The Hall–Kier alpha value is -0.630. The number of nitriles is 1. The van der Waals surface area contributed by atoms with Crippen LogP contribution in [0.3, 0.4) is 0 Å². The lowest BCUT2D eigenvalue weighted by Crippen LogP contribution is -2.57. The summed E-state index contributed by atoms with van der Waals surface area (Å²) in [6, 6.07) is 2.97. The third-order valence-corrected chi connectivity index (χ3v) is 4.43. The molecule has 4 nitrogen and oxygen atoms in total. The maximum Gasteiger partial charge on any atom is 0.122 e. The number of nitrogens with one attached hydrogen (secondary N) is 1. The molecule has 2 aliphatic rings. The second kappa shape index (κ2) is 6.89. The first-order chi connectivity index (χ1) is 9.59. The largest absolute Gasteiger partial charge is 0.378 e. The van der Waals surface area contributed by atoms with Crippen LogP contribution in [0.25, 0.3) is 0 Å². The Morgan fingerprint density at radius 1 is 1.30 bits per heavy atom. The van der Waals surface area contributed by atoms with E-state index in [9.17, 15) is 5.26 Å². The van der Waals surface area contributed by atoms with Crippen molar-refractivity contribution in [2.75, 3.05) is 26.2 Å². The van der Waals surface area contributed by atoms with Gasteiger partial charge in [-0.05, 0) is 52.4 Å². The number of ether oxygens (including phenoxy) is 1. The van der Waals surface area contributed by atoms with E-state index in [-0.39, 0.29) is 5.54 Å². The van der Waals surface area contributed by atoms with E-state index in [4.69, 9.17) is 4.74 Å². The van der Waals surface area contributed by atoms with Gasteiger partial charge >= 0.3 is 0 Å². The van der Waals surface area contributed by atoms with Crippen LogP contribution >= 0.6 is 0 Å². The molecule has 20 heavy (non-hydrogen) atoms. The lowest BCUT2D eigenvalue weighted by molar-refractivity contribution is 0.00892. The molecule has 0 radical (unpaired) electrons. The SMILES string of the molecule is CCOC1CCN(CC(C#N)(NC(C)C)C2CC2)CC1. The lowest BCUT2D eigenvalue weighted by Gasteiger charge is -2.39. The highest BCUT2D eigenvalue weighted by Gasteiger charge is 2.47. The Morgan fingerprint density at radius 2 is 1.95 bits per heavy atom. The molecule has 0 amide bonds. The molecule has 1 N–H and O–H groups in total. The molecule has 4 heteroatoms. The van der Waals surface area contributed by atoms with E-state index in [1.165, 1.54) is 12.8 Å². The number of nitrogens with zero attached hydrogens (tertiary/aromatic N) is 2. The average molecular weight is 279 g/mol. The van der Waals surface area contributed by atoms with Gasteiger partial charge in [-0.3, -0.25) is 5.32 Å². The minimum atomic E-state index is -0.341. The van der Waals surface area contributed by atoms with Gasteiger partial charge in [-0.15, -0.1) is 0 Å². The maximum absolute atomic E-state index is 9.74. The van der Waals surface area contributed by atoms with Gasteiger partial charge in [-0.1, -0.05) is 0 Å². The van der Waals surface area contributed by atoms with Gasteiger partial charge in [-0.2, -0.15) is 5.26 Å². The zero-order chi connectivity index (χ0) is 14.6. The van der Waals surface area contributed by atoms with E-state index < -0.39 is 0 Å². The normalized spacial score (nSPS) is 24.6. The van der Waals surface area contributed by atoms with Crippen LogP contribution in [0.4, 0.5) is 0 Å².